The van der Waals surface area contributed by atoms with Gasteiger partial charge in [0.1, 0.15) is 0 Å². The van der Waals surface area contributed by atoms with Crippen molar-refractivity contribution in [3.63, 3.8) is 0 Å². The minimum atomic E-state index is -0.981. The zero-order valence-electron chi connectivity index (χ0n) is 8.34. The van der Waals surface area contributed by atoms with Crippen molar-refractivity contribution in [1.29, 1.82) is 0 Å². The van der Waals surface area contributed by atoms with Gasteiger partial charge in [-0.05, 0) is 6.92 Å². The van der Waals surface area contributed by atoms with E-state index in [1.54, 1.807) is 0 Å². The summed E-state index contributed by atoms with van der Waals surface area (Å²) in [4.78, 5) is 10.6. The van der Waals surface area contributed by atoms with Crippen molar-refractivity contribution < 1.29 is 19.4 Å². The molecule has 2 rings (SSSR count). The number of carbonyl (C=O) groups is 1. The molecule has 1 aromatic carbocycles. The fourth-order valence-corrected chi connectivity index (χ4v) is 1.52. The number of rotatable bonds is 2. The molecule has 4 nitrogen and oxygen atoms in total. The number of hydrogen-bond acceptors (Lipinski definition) is 3. The third-order valence-corrected chi connectivity index (χ3v) is 2.28. The Balaban J connectivity index is 2.11. The maximum absolute atomic E-state index is 10.6. The molecule has 4 heteroatoms. The van der Waals surface area contributed by atoms with Crippen LogP contribution in [-0.4, -0.2) is 23.8 Å². The molecule has 1 aromatic rings. The van der Waals surface area contributed by atoms with Crippen LogP contribution >= 0.6 is 0 Å². The molecule has 1 saturated heterocycles. The summed E-state index contributed by atoms with van der Waals surface area (Å²) in [7, 11) is 0. The van der Waals surface area contributed by atoms with Crippen LogP contribution in [-0.2, 0) is 14.3 Å². The Labute approximate surface area is 87.4 Å². The molecule has 0 amide bonds. The number of benzene rings is 1. The second-order valence-electron chi connectivity index (χ2n) is 3.54. The molecular formula is C11H12O4. The van der Waals surface area contributed by atoms with Crippen LogP contribution in [0.15, 0.2) is 24.3 Å². The van der Waals surface area contributed by atoms with Crippen molar-refractivity contribution in [2.45, 2.75) is 19.3 Å². The van der Waals surface area contributed by atoms with Gasteiger partial charge < -0.3 is 14.6 Å². The summed E-state index contributed by atoms with van der Waals surface area (Å²) in [5.74, 6) is -0.981. The van der Waals surface area contributed by atoms with Gasteiger partial charge in [-0.2, -0.15) is 0 Å². The normalized spacial score (nSPS) is 25.4. The minimum absolute atomic E-state index is 0.105. The third kappa shape index (κ3) is 2.16. The van der Waals surface area contributed by atoms with Crippen molar-refractivity contribution in [3.8, 4) is 0 Å². The van der Waals surface area contributed by atoms with Crippen LogP contribution in [0.3, 0.4) is 0 Å². The van der Waals surface area contributed by atoms with Crippen molar-refractivity contribution in [2.75, 3.05) is 6.61 Å². The quantitative estimate of drug-likeness (QED) is 0.800. The molecule has 0 aromatic heterocycles. The first-order chi connectivity index (χ1) is 7.16. The first-order valence-electron chi connectivity index (χ1n) is 4.73. The van der Waals surface area contributed by atoms with Crippen molar-refractivity contribution in [3.05, 3.63) is 35.4 Å². The summed E-state index contributed by atoms with van der Waals surface area (Å²) in [6, 6.07) is 7.65. The Kier molecular flexibility index (Phi) is 2.70. The summed E-state index contributed by atoms with van der Waals surface area (Å²) in [6.45, 7) is 2.07. The van der Waals surface area contributed by atoms with E-state index in [0.29, 0.717) is 0 Å². The first kappa shape index (κ1) is 10.1. The van der Waals surface area contributed by atoms with E-state index in [2.05, 4.69) is 0 Å². The molecule has 1 fully saturated rings. The molecule has 0 radical (unpaired) electrons. The van der Waals surface area contributed by atoms with E-state index >= 15 is 0 Å². The van der Waals surface area contributed by atoms with E-state index in [-0.39, 0.29) is 6.61 Å². The maximum atomic E-state index is 10.6. The highest BCUT2D eigenvalue weighted by Gasteiger charge is 2.32. The zero-order chi connectivity index (χ0) is 10.8. The van der Waals surface area contributed by atoms with Gasteiger partial charge in [-0.15, -0.1) is 0 Å². The Bertz CT molecular complexity index is 375. The van der Waals surface area contributed by atoms with Crippen LogP contribution < -0.4 is 0 Å². The van der Waals surface area contributed by atoms with Gasteiger partial charge >= 0.3 is 5.97 Å². The summed E-state index contributed by atoms with van der Waals surface area (Å²) in [6.07, 6.45) is -1.40. The highest BCUT2D eigenvalue weighted by atomic mass is 16.7. The van der Waals surface area contributed by atoms with Gasteiger partial charge in [-0.3, -0.25) is 0 Å². The number of carboxylic acid groups (broad SMARTS) is 1. The molecule has 2 atom stereocenters. The number of carboxylic acids is 1. The number of ether oxygens (including phenoxy) is 2. The average Bonchev–Trinajstić information content (AvgIpc) is 2.66. The van der Waals surface area contributed by atoms with Gasteiger partial charge in [0.2, 0.25) is 0 Å². The molecule has 1 aliphatic heterocycles. The Morgan fingerprint density at radius 1 is 1.53 bits per heavy atom. The van der Waals surface area contributed by atoms with Crippen LogP contribution in [0.1, 0.15) is 17.4 Å². The number of hydrogen-bond donors (Lipinski definition) is 1. The summed E-state index contributed by atoms with van der Waals surface area (Å²) < 4.78 is 10.5. The maximum Gasteiger partial charge on any atom is 0.335 e. The van der Waals surface area contributed by atoms with E-state index in [0.717, 1.165) is 11.1 Å². The Hall–Kier alpha value is -1.39. The second-order valence-corrected chi connectivity index (χ2v) is 3.54. The van der Waals surface area contributed by atoms with E-state index in [1.165, 1.54) is 0 Å². The monoisotopic (exact) mass is 208 g/mol. The minimum Gasteiger partial charge on any atom is -0.479 e. The lowest BCUT2D eigenvalue weighted by Crippen LogP contribution is -2.21. The molecule has 0 spiro atoms. The molecule has 0 aliphatic carbocycles. The molecule has 1 heterocycles. The van der Waals surface area contributed by atoms with E-state index < -0.39 is 18.4 Å². The summed E-state index contributed by atoms with van der Waals surface area (Å²) in [5.41, 5.74) is 1.96. The largest absolute Gasteiger partial charge is 0.479 e. The summed E-state index contributed by atoms with van der Waals surface area (Å²) in [5, 5.41) is 8.73. The Morgan fingerprint density at radius 2 is 2.33 bits per heavy atom. The standard InChI is InChI=1S/C11H12O4/c1-7-3-2-4-8(5-7)11-14-6-9(15-11)10(12)13/h2-5,9,11H,6H2,1H3,(H,12,13). The van der Waals surface area contributed by atoms with Gasteiger partial charge in [-0.25, -0.2) is 4.79 Å². The Morgan fingerprint density at radius 3 is 2.93 bits per heavy atom. The van der Waals surface area contributed by atoms with Gasteiger partial charge in [0.25, 0.3) is 0 Å². The molecule has 15 heavy (non-hydrogen) atoms. The first-order valence-corrected chi connectivity index (χ1v) is 4.73. The molecular weight excluding hydrogens is 196 g/mol. The predicted octanol–water partition coefficient (Wildman–Crippen LogP) is 1.49. The third-order valence-electron chi connectivity index (χ3n) is 2.28. The van der Waals surface area contributed by atoms with Crippen LogP contribution in [0.4, 0.5) is 0 Å². The fraction of sp³-hybridized carbons (Fsp3) is 0.364. The van der Waals surface area contributed by atoms with Crippen LogP contribution in [0, 0.1) is 6.92 Å². The predicted molar refractivity (Wildman–Crippen MR) is 52.4 cm³/mol. The lowest BCUT2D eigenvalue weighted by molar-refractivity contribution is -0.150. The molecule has 0 bridgehead atoms. The number of aliphatic carboxylic acids is 1. The van der Waals surface area contributed by atoms with E-state index in [9.17, 15) is 4.79 Å². The lowest BCUT2D eigenvalue weighted by Gasteiger charge is -2.10. The van der Waals surface area contributed by atoms with Crippen LogP contribution in [0.5, 0.6) is 0 Å². The van der Waals surface area contributed by atoms with E-state index in [4.69, 9.17) is 14.6 Å². The van der Waals surface area contributed by atoms with Crippen molar-refractivity contribution in [2.24, 2.45) is 0 Å². The number of aryl methyl sites for hydroxylation is 1. The van der Waals surface area contributed by atoms with Gasteiger partial charge in [0, 0.05) is 5.56 Å². The topological polar surface area (TPSA) is 55.8 Å². The average molecular weight is 208 g/mol. The SMILES string of the molecule is Cc1cccc(C2OCC(C(=O)O)O2)c1. The molecule has 80 valence electrons. The van der Waals surface area contributed by atoms with Crippen molar-refractivity contribution in [1.82, 2.24) is 0 Å². The zero-order valence-corrected chi connectivity index (χ0v) is 8.34. The van der Waals surface area contributed by atoms with Gasteiger partial charge in [0.15, 0.2) is 12.4 Å². The molecule has 2 unspecified atom stereocenters. The van der Waals surface area contributed by atoms with Crippen molar-refractivity contribution >= 4 is 5.97 Å². The van der Waals surface area contributed by atoms with Gasteiger partial charge in [-0.1, -0.05) is 29.8 Å². The summed E-state index contributed by atoms with van der Waals surface area (Å²) >= 11 is 0. The molecule has 1 N–H and O–H groups in total. The molecule has 1 aliphatic rings. The molecule has 0 saturated carbocycles. The highest BCUT2D eigenvalue weighted by Crippen LogP contribution is 2.27. The lowest BCUT2D eigenvalue weighted by atomic mass is 10.1. The van der Waals surface area contributed by atoms with Crippen LogP contribution in [0.2, 0.25) is 0 Å². The highest BCUT2D eigenvalue weighted by molar-refractivity contribution is 5.72. The van der Waals surface area contributed by atoms with Crippen LogP contribution in [0.25, 0.3) is 0 Å². The smallest absolute Gasteiger partial charge is 0.335 e. The second kappa shape index (κ2) is 4.00. The van der Waals surface area contributed by atoms with Gasteiger partial charge in [0.05, 0.1) is 6.61 Å². The fourth-order valence-electron chi connectivity index (χ4n) is 1.52. The van der Waals surface area contributed by atoms with E-state index in [1.807, 2.05) is 31.2 Å².